The van der Waals surface area contributed by atoms with Crippen LogP contribution in [0.15, 0.2) is 109 Å². The summed E-state index contributed by atoms with van der Waals surface area (Å²) in [7, 11) is 0. The van der Waals surface area contributed by atoms with Gasteiger partial charge in [0.05, 0.1) is 16.7 Å². The zero-order chi connectivity index (χ0) is 29.8. The molecular weight excluding hydrogens is 556 g/mol. The van der Waals surface area contributed by atoms with Crippen LogP contribution in [-0.4, -0.2) is 67.2 Å². The molecule has 216 valence electrons. The van der Waals surface area contributed by atoms with Crippen LogP contribution in [0.5, 0.6) is 0 Å². The van der Waals surface area contributed by atoms with Gasteiger partial charge in [0.15, 0.2) is 36.5 Å². The van der Waals surface area contributed by atoms with Crippen molar-refractivity contribution in [3.05, 3.63) is 132 Å². The number of aliphatic hydroxyl groups is 1. The van der Waals surface area contributed by atoms with Crippen LogP contribution >= 0.6 is 0 Å². The Hall–Kier alpha value is -5.46. The first-order valence-corrected chi connectivity index (χ1v) is 13.3. The summed E-state index contributed by atoms with van der Waals surface area (Å²) < 4.78 is 24.7. The quantitative estimate of drug-likeness (QED) is 0.223. The van der Waals surface area contributed by atoms with E-state index in [1.165, 1.54) is 35.0 Å². The van der Waals surface area contributed by atoms with Crippen LogP contribution in [0.3, 0.4) is 0 Å². The SMILES string of the molecule is O=C(OC1[C@H](OC(=O)c2ccccc2)C(O)OC(c2nc3ncccn3n2)[C@H]1OC(=O)c1ccccc1)c1ccccc1. The lowest BCUT2D eigenvalue weighted by Crippen LogP contribution is -2.58. The van der Waals surface area contributed by atoms with E-state index in [0.717, 1.165) is 0 Å². The van der Waals surface area contributed by atoms with Gasteiger partial charge in [0.25, 0.3) is 5.78 Å². The predicted octanol–water partition coefficient (Wildman–Crippen LogP) is 3.19. The van der Waals surface area contributed by atoms with E-state index in [2.05, 4.69) is 15.1 Å². The average Bonchev–Trinajstić information content (AvgIpc) is 3.49. The molecule has 3 aromatic carbocycles. The van der Waals surface area contributed by atoms with Gasteiger partial charge in [-0.3, -0.25) is 0 Å². The monoisotopic (exact) mass is 580 g/mol. The van der Waals surface area contributed by atoms with Gasteiger partial charge in [-0.25, -0.2) is 23.9 Å². The number of esters is 3. The lowest BCUT2D eigenvalue weighted by Gasteiger charge is -2.42. The Bertz CT molecular complexity index is 1700. The van der Waals surface area contributed by atoms with Crippen LogP contribution < -0.4 is 0 Å². The maximum Gasteiger partial charge on any atom is 0.338 e. The van der Waals surface area contributed by atoms with Crippen LogP contribution in [0.1, 0.15) is 43.0 Å². The first kappa shape index (κ1) is 27.7. The first-order chi connectivity index (χ1) is 21.0. The standard InChI is InChI=1S/C31H24N4O8/c36-27(19-11-4-1-5-12-19)40-22-23(41-28(37)20-13-6-2-7-14-20)25(43-29(38)21-15-8-3-9-16-21)30(39)42-24(22)26-33-31-32-17-10-18-35(31)34-26/h1-18,22-25,30,39H/t22-,23?,24?,25-,30?/m0/s1. The van der Waals surface area contributed by atoms with Crippen molar-refractivity contribution in [3.8, 4) is 0 Å². The molecule has 0 spiro atoms. The third-order valence-electron chi connectivity index (χ3n) is 6.66. The van der Waals surface area contributed by atoms with E-state index in [-0.39, 0.29) is 28.3 Å². The second kappa shape index (κ2) is 12.2. The van der Waals surface area contributed by atoms with Crippen molar-refractivity contribution in [2.45, 2.75) is 30.7 Å². The molecule has 1 aliphatic rings. The minimum absolute atomic E-state index is 0.0165. The molecule has 1 fully saturated rings. The minimum Gasteiger partial charge on any atom is -0.451 e. The maximum atomic E-state index is 13.3. The van der Waals surface area contributed by atoms with Crippen LogP contribution in [-0.2, 0) is 18.9 Å². The third-order valence-corrected chi connectivity index (χ3v) is 6.66. The van der Waals surface area contributed by atoms with Crippen LogP contribution in [0.4, 0.5) is 0 Å². The molecule has 0 amide bonds. The van der Waals surface area contributed by atoms with Gasteiger partial charge in [-0.05, 0) is 42.5 Å². The highest BCUT2D eigenvalue weighted by Gasteiger charge is 2.54. The number of ether oxygens (including phenoxy) is 4. The second-order valence-electron chi connectivity index (χ2n) is 9.49. The molecule has 1 aliphatic heterocycles. The summed E-state index contributed by atoms with van der Waals surface area (Å²) >= 11 is 0. The molecule has 2 aromatic heterocycles. The van der Waals surface area contributed by atoms with Gasteiger partial charge in [0.2, 0.25) is 0 Å². The van der Waals surface area contributed by atoms with Gasteiger partial charge in [0, 0.05) is 12.4 Å². The van der Waals surface area contributed by atoms with Crippen molar-refractivity contribution in [1.82, 2.24) is 19.6 Å². The fraction of sp³-hybridized carbons (Fsp3) is 0.161. The van der Waals surface area contributed by atoms with Gasteiger partial charge in [-0.1, -0.05) is 54.6 Å². The molecule has 12 heteroatoms. The summed E-state index contributed by atoms with van der Waals surface area (Å²) in [5.74, 6) is -2.23. The molecule has 1 saturated heterocycles. The minimum atomic E-state index is -1.84. The number of carbonyl (C=O) groups is 3. The fourth-order valence-corrected chi connectivity index (χ4v) is 4.59. The molecule has 1 N–H and O–H groups in total. The summed E-state index contributed by atoms with van der Waals surface area (Å²) in [6.07, 6.45) is -4.72. The molecule has 3 heterocycles. The number of fused-ring (bicyclic) bond motifs is 1. The van der Waals surface area contributed by atoms with E-state index in [0.29, 0.717) is 0 Å². The maximum absolute atomic E-state index is 13.3. The molecule has 5 aromatic rings. The third kappa shape index (κ3) is 5.96. The van der Waals surface area contributed by atoms with E-state index >= 15 is 0 Å². The lowest BCUT2D eigenvalue weighted by atomic mass is 9.97. The van der Waals surface area contributed by atoms with E-state index in [4.69, 9.17) is 18.9 Å². The number of rotatable bonds is 7. The number of hydrogen-bond acceptors (Lipinski definition) is 11. The summed E-state index contributed by atoms with van der Waals surface area (Å²) in [4.78, 5) is 48.3. The Kier molecular flexibility index (Phi) is 7.85. The second-order valence-corrected chi connectivity index (χ2v) is 9.49. The van der Waals surface area contributed by atoms with Gasteiger partial charge < -0.3 is 24.1 Å². The van der Waals surface area contributed by atoms with Crippen molar-refractivity contribution in [2.75, 3.05) is 0 Å². The number of hydrogen-bond donors (Lipinski definition) is 1. The topological polar surface area (TPSA) is 151 Å². The number of nitrogens with zero attached hydrogens (tertiary/aromatic N) is 4. The van der Waals surface area contributed by atoms with Gasteiger partial charge >= 0.3 is 17.9 Å². The molecule has 0 radical (unpaired) electrons. The van der Waals surface area contributed by atoms with E-state index in [1.807, 2.05) is 0 Å². The van der Waals surface area contributed by atoms with Crippen LogP contribution in [0.2, 0.25) is 0 Å². The van der Waals surface area contributed by atoms with Crippen molar-refractivity contribution in [3.63, 3.8) is 0 Å². The molecule has 0 bridgehead atoms. The molecule has 6 rings (SSSR count). The zero-order valence-electron chi connectivity index (χ0n) is 22.4. The van der Waals surface area contributed by atoms with Crippen LogP contribution in [0, 0.1) is 0 Å². The first-order valence-electron chi connectivity index (χ1n) is 13.3. The highest BCUT2D eigenvalue weighted by atomic mass is 16.7. The molecule has 0 saturated carbocycles. The van der Waals surface area contributed by atoms with Crippen molar-refractivity contribution in [2.24, 2.45) is 0 Å². The zero-order valence-corrected chi connectivity index (χ0v) is 22.4. The molecule has 43 heavy (non-hydrogen) atoms. The van der Waals surface area contributed by atoms with E-state index < -0.39 is 48.6 Å². The highest BCUT2D eigenvalue weighted by Crippen LogP contribution is 2.36. The fourth-order valence-electron chi connectivity index (χ4n) is 4.59. The Morgan fingerprint density at radius 1 is 0.674 bits per heavy atom. The number of aliphatic hydroxyl groups excluding tert-OH is 1. The summed E-state index contributed by atoms with van der Waals surface area (Å²) in [6.45, 7) is 0. The predicted molar refractivity (Wildman–Crippen MR) is 148 cm³/mol. The van der Waals surface area contributed by atoms with Gasteiger partial charge in [-0.2, -0.15) is 4.98 Å². The molecule has 3 unspecified atom stereocenters. The molecule has 12 nitrogen and oxygen atoms in total. The molecule has 0 aliphatic carbocycles. The normalized spacial score (nSPS) is 21.6. The smallest absolute Gasteiger partial charge is 0.338 e. The Balaban J connectivity index is 1.42. The van der Waals surface area contributed by atoms with Crippen molar-refractivity contribution in [1.29, 1.82) is 0 Å². The molecular formula is C31H24N4O8. The van der Waals surface area contributed by atoms with Gasteiger partial charge in [-0.15, -0.1) is 5.10 Å². The largest absolute Gasteiger partial charge is 0.451 e. The Labute approximate surface area is 244 Å². The van der Waals surface area contributed by atoms with E-state index in [1.54, 1.807) is 79.0 Å². The highest BCUT2D eigenvalue weighted by molar-refractivity contribution is 5.91. The number of carbonyl (C=O) groups excluding carboxylic acids is 3. The van der Waals surface area contributed by atoms with Gasteiger partial charge in [0.1, 0.15) is 0 Å². The molecule has 5 atom stereocenters. The Morgan fingerprint density at radius 3 is 1.67 bits per heavy atom. The number of benzene rings is 3. The van der Waals surface area contributed by atoms with Crippen molar-refractivity contribution >= 4 is 23.7 Å². The summed E-state index contributed by atoms with van der Waals surface area (Å²) in [5.41, 5.74) is 0.551. The Morgan fingerprint density at radius 2 is 1.16 bits per heavy atom. The average molecular weight is 581 g/mol. The summed E-state index contributed by atoms with van der Waals surface area (Å²) in [6, 6.07) is 25.9. The van der Waals surface area contributed by atoms with Crippen molar-refractivity contribution < 1.29 is 38.4 Å². The van der Waals surface area contributed by atoms with Crippen LogP contribution in [0.25, 0.3) is 5.78 Å². The summed E-state index contributed by atoms with van der Waals surface area (Å²) in [5, 5.41) is 15.6. The number of aromatic nitrogens is 4. The van der Waals surface area contributed by atoms with E-state index in [9.17, 15) is 19.5 Å². The lowest BCUT2D eigenvalue weighted by molar-refractivity contribution is -0.283.